The number of benzene rings is 2. The van der Waals surface area contributed by atoms with E-state index in [1.807, 2.05) is 60.7 Å². The Morgan fingerprint density at radius 3 is 2.22 bits per heavy atom. The van der Waals surface area contributed by atoms with E-state index in [2.05, 4.69) is 10.6 Å². The van der Waals surface area contributed by atoms with Gasteiger partial charge in [-0.05, 0) is 25.0 Å². The van der Waals surface area contributed by atoms with Gasteiger partial charge in [0, 0.05) is 11.6 Å². The Bertz CT molecular complexity index is 1190. The van der Waals surface area contributed by atoms with Gasteiger partial charge in [-0.15, -0.1) is 0 Å². The average molecular weight is 526 g/mol. The molecule has 0 aliphatic carbocycles. The molecule has 0 aromatic heterocycles. The maximum Gasteiger partial charge on any atom is 0.407 e. The normalized spacial score (nSPS) is 20.7. The fraction of sp³-hybridized carbons (Fsp3) is 0.308. The number of hydrogen-bond acceptors (Lipinski definition) is 7. The molecule has 2 N–H and O–H groups in total. The Labute approximate surface area is 216 Å². The largest absolute Gasteiger partial charge is 0.448 e. The number of rotatable bonds is 9. The van der Waals surface area contributed by atoms with Crippen LogP contribution in [0.25, 0.3) is 0 Å². The molecule has 3 amide bonds. The lowest BCUT2D eigenvalue weighted by molar-refractivity contribution is -0.154. The number of amides is 3. The highest BCUT2D eigenvalue weighted by Crippen LogP contribution is 2.37. The first kappa shape index (κ1) is 26.1. The van der Waals surface area contributed by atoms with E-state index >= 15 is 0 Å². The van der Waals surface area contributed by atoms with Crippen molar-refractivity contribution in [2.24, 2.45) is 0 Å². The number of hydrogen-bond donors (Lipinski definition) is 2. The van der Waals surface area contributed by atoms with Crippen LogP contribution in [0.5, 0.6) is 0 Å². The van der Waals surface area contributed by atoms with Gasteiger partial charge in [0.15, 0.2) is 6.10 Å². The van der Waals surface area contributed by atoms with E-state index in [1.165, 1.54) is 0 Å². The lowest BCUT2D eigenvalue weighted by Gasteiger charge is -2.48. The Morgan fingerprint density at radius 2 is 1.68 bits per heavy atom. The van der Waals surface area contributed by atoms with Crippen molar-refractivity contribution >= 4 is 35.2 Å². The lowest BCUT2D eigenvalue weighted by Crippen LogP contribution is -2.73. The van der Waals surface area contributed by atoms with Gasteiger partial charge in [-0.3, -0.25) is 18.7 Å². The van der Waals surface area contributed by atoms with Crippen molar-refractivity contribution in [3.63, 3.8) is 0 Å². The van der Waals surface area contributed by atoms with Crippen molar-refractivity contribution in [1.82, 2.24) is 15.5 Å². The summed E-state index contributed by atoms with van der Waals surface area (Å²) in [6, 6.07) is 17.0. The summed E-state index contributed by atoms with van der Waals surface area (Å²) in [6.07, 6.45) is -1.15. The second-order valence-corrected chi connectivity index (χ2v) is 10.4. The van der Waals surface area contributed by atoms with Gasteiger partial charge in [-0.1, -0.05) is 60.7 Å². The molecule has 11 heteroatoms. The molecule has 2 aliphatic rings. The number of β-lactam (4-membered cyclic amide) rings is 1. The van der Waals surface area contributed by atoms with Crippen LogP contribution in [0.1, 0.15) is 31.1 Å². The molecule has 37 heavy (non-hydrogen) atoms. The van der Waals surface area contributed by atoms with Crippen molar-refractivity contribution < 1.29 is 32.9 Å². The van der Waals surface area contributed by atoms with E-state index in [-0.39, 0.29) is 29.7 Å². The number of ether oxygens (including phenoxy) is 2. The van der Waals surface area contributed by atoms with E-state index < -0.39 is 46.3 Å². The van der Waals surface area contributed by atoms with Gasteiger partial charge >= 0.3 is 12.1 Å². The highest BCUT2D eigenvalue weighted by atomic mass is 32.2. The van der Waals surface area contributed by atoms with Crippen LogP contribution in [-0.2, 0) is 34.7 Å². The molecule has 2 aliphatic heterocycles. The molecule has 0 bridgehead atoms. The van der Waals surface area contributed by atoms with E-state index in [9.17, 15) is 23.4 Å². The first-order valence-corrected chi connectivity index (χ1v) is 13.1. The molecule has 1 unspecified atom stereocenters. The van der Waals surface area contributed by atoms with Gasteiger partial charge in [0.25, 0.3) is 5.91 Å². The number of esters is 1. The fourth-order valence-electron chi connectivity index (χ4n) is 4.22. The minimum Gasteiger partial charge on any atom is -0.448 e. The van der Waals surface area contributed by atoms with E-state index in [0.29, 0.717) is 17.5 Å². The summed E-state index contributed by atoms with van der Waals surface area (Å²) in [5, 5.41) is 4.01. The molecule has 1 fully saturated rings. The third-order valence-corrected chi connectivity index (χ3v) is 7.51. The maximum atomic E-state index is 13.7. The molecular formula is C26H27N3O7S. The molecule has 0 spiro atoms. The molecular weight excluding hydrogens is 498 g/mol. The standard InChI is InChI=1S/C26H27N3O7S/c1-16(2)28-26(33)35-13-19-14-37(34)24-20(27-15-30)23(31)29(24)21(19)25(32)36-22(17-9-5-3-6-10-17)18-11-7-4-8-12-18/h3-12,15-16,20,22,24H,13-14H2,1-2H3,(H,27,30)(H,28,33)/t20-,24-,37?/m1/s1. The molecule has 3 atom stereocenters. The number of nitrogens with one attached hydrogen (secondary N) is 2. The Hall–Kier alpha value is -3.99. The summed E-state index contributed by atoms with van der Waals surface area (Å²) < 4.78 is 24.2. The van der Waals surface area contributed by atoms with Gasteiger partial charge in [0.2, 0.25) is 6.41 Å². The minimum absolute atomic E-state index is 0.132. The summed E-state index contributed by atoms with van der Waals surface area (Å²) in [5.74, 6) is -1.57. The number of nitrogens with zero attached hydrogens (tertiary/aromatic N) is 1. The Balaban J connectivity index is 1.69. The second-order valence-electron chi connectivity index (χ2n) is 8.82. The predicted molar refractivity (Wildman–Crippen MR) is 134 cm³/mol. The molecule has 2 aromatic carbocycles. The zero-order valence-corrected chi connectivity index (χ0v) is 21.1. The maximum absolute atomic E-state index is 13.7. The van der Waals surface area contributed by atoms with Crippen LogP contribution in [0.4, 0.5) is 4.79 Å². The van der Waals surface area contributed by atoms with Crippen LogP contribution in [0, 0.1) is 0 Å². The molecule has 0 radical (unpaired) electrons. The molecule has 0 saturated carbocycles. The van der Waals surface area contributed by atoms with Crippen LogP contribution in [0.3, 0.4) is 0 Å². The van der Waals surface area contributed by atoms with Crippen LogP contribution in [-0.4, -0.2) is 63.3 Å². The van der Waals surface area contributed by atoms with Crippen molar-refractivity contribution in [1.29, 1.82) is 0 Å². The van der Waals surface area contributed by atoms with Crippen LogP contribution < -0.4 is 10.6 Å². The monoisotopic (exact) mass is 525 g/mol. The first-order chi connectivity index (χ1) is 17.8. The quantitative estimate of drug-likeness (QED) is 0.290. The highest BCUT2D eigenvalue weighted by molar-refractivity contribution is 7.86. The summed E-state index contributed by atoms with van der Waals surface area (Å²) in [6.45, 7) is 3.16. The van der Waals surface area contributed by atoms with Gasteiger partial charge in [-0.2, -0.15) is 0 Å². The molecule has 2 aromatic rings. The molecule has 10 nitrogen and oxygen atoms in total. The van der Waals surface area contributed by atoms with Crippen molar-refractivity contribution in [2.45, 2.75) is 37.4 Å². The number of carbonyl (C=O) groups is 4. The minimum atomic E-state index is -1.65. The zero-order chi connectivity index (χ0) is 26.5. The zero-order valence-electron chi connectivity index (χ0n) is 20.3. The molecule has 1 saturated heterocycles. The average Bonchev–Trinajstić information content (AvgIpc) is 2.89. The first-order valence-electron chi connectivity index (χ1n) is 11.7. The third kappa shape index (κ3) is 5.56. The molecule has 4 rings (SSSR count). The lowest BCUT2D eigenvalue weighted by atomic mass is 10.0. The number of alkyl carbamates (subject to hydrolysis) is 1. The van der Waals surface area contributed by atoms with Gasteiger partial charge in [0.1, 0.15) is 23.7 Å². The van der Waals surface area contributed by atoms with E-state index in [1.54, 1.807) is 13.8 Å². The SMILES string of the molecule is CC(C)NC(=O)OCC1=C(C(=O)OC(c2ccccc2)c2ccccc2)N2C(=O)[C@@H](NC=O)[C@H]2S(=O)C1. The fourth-order valence-corrected chi connectivity index (χ4v) is 5.90. The van der Waals surface area contributed by atoms with E-state index in [0.717, 1.165) is 4.90 Å². The smallest absolute Gasteiger partial charge is 0.407 e. The van der Waals surface area contributed by atoms with Crippen LogP contribution >= 0.6 is 0 Å². The predicted octanol–water partition coefficient (Wildman–Crippen LogP) is 1.75. The summed E-state index contributed by atoms with van der Waals surface area (Å²) in [4.78, 5) is 50.7. The number of carbonyl (C=O) groups excluding carboxylic acids is 4. The topological polar surface area (TPSA) is 131 Å². The van der Waals surface area contributed by atoms with Crippen molar-refractivity contribution in [3.8, 4) is 0 Å². The Morgan fingerprint density at radius 1 is 1.08 bits per heavy atom. The van der Waals surface area contributed by atoms with Crippen molar-refractivity contribution in [3.05, 3.63) is 83.1 Å². The van der Waals surface area contributed by atoms with Gasteiger partial charge < -0.3 is 20.1 Å². The summed E-state index contributed by atoms with van der Waals surface area (Å²) in [7, 11) is -1.65. The molecule has 2 heterocycles. The Kier molecular flexibility index (Phi) is 8.02. The van der Waals surface area contributed by atoms with Crippen LogP contribution in [0.2, 0.25) is 0 Å². The van der Waals surface area contributed by atoms with Gasteiger partial charge in [-0.25, -0.2) is 9.59 Å². The summed E-state index contributed by atoms with van der Waals surface area (Å²) in [5.41, 5.74) is 1.48. The third-order valence-electron chi connectivity index (χ3n) is 5.86. The molecule has 194 valence electrons. The summed E-state index contributed by atoms with van der Waals surface area (Å²) >= 11 is 0. The number of fused-ring (bicyclic) bond motifs is 1. The highest BCUT2D eigenvalue weighted by Gasteiger charge is 2.57. The van der Waals surface area contributed by atoms with Gasteiger partial charge in [0.05, 0.1) is 16.6 Å². The van der Waals surface area contributed by atoms with E-state index in [4.69, 9.17) is 9.47 Å². The second kappa shape index (κ2) is 11.4. The van der Waals surface area contributed by atoms with Crippen molar-refractivity contribution in [2.75, 3.05) is 12.4 Å². The van der Waals surface area contributed by atoms with Crippen LogP contribution in [0.15, 0.2) is 71.9 Å².